The predicted octanol–water partition coefficient (Wildman–Crippen LogP) is 1.38. The van der Waals surface area contributed by atoms with Gasteiger partial charge in [0.05, 0.1) is 18.2 Å². The first-order valence-electron chi connectivity index (χ1n) is 4.38. The molecule has 0 saturated heterocycles. The fourth-order valence-corrected chi connectivity index (χ4v) is 1.35. The molecule has 1 N–H and O–H groups in total. The SMILES string of the molecule is CNC(c1cnccn1)c1ccco1. The summed E-state index contributed by atoms with van der Waals surface area (Å²) < 4.78 is 5.31. The summed E-state index contributed by atoms with van der Waals surface area (Å²) in [5, 5.41) is 3.12. The third-order valence-electron chi connectivity index (χ3n) is 2.00. The van der Waals surface area contributed by atoms with E-state index in [4.69, 9.17) is 4.42 Å². The van der Waals surface area contributed by atoms with Gasteiger partial charge in [-0.1, -0.05) is 0 Å². The molecule has 1 atom stereocenters. The van der Waals surface area contributed by atoms with Crippen molar-refractivity contribution < 1.29 is 4.42 Å². The van der Waals surface area contributed by atoms with Gasteiger partial charge >= 0.3 is 0 Å². The summed E-state index contributed by atoms with van der Waals surface area (Å²) >= 11 is 0. The van der Waals surface area contributed by atoms with E-state index in [0.29, 0.717) is 0 Å². The predicted molar refractivity (Wildman–Crippen MR) is 51.6 cm³/mol. The average Bonchev–Trinajstić information content (AvgIpc) is 2.74. The molecule has 0 saturated carbocycles. The van der Waals surface area contributed by atoms with Crippen molar-refractivity contribution in [1.82, 2.24) is 15.3 Å². The van der Waals surface area contributed by atoms with E-state index in [9.17, 15) is 0 Å². The van der Waals surface area contributed by atoms with E-state index in [1.807, 2.05) is 19.2 Å². The molecule has 72 valence electrons. The molecule has 0 aliphatic carbocycles. The maximum Gasteiger partial charge on any atom is 0.126 e. The van der Waals surface area contributed by atoms with Crippen LogP contribution < -0.4 is 5.32 Å². The lowest BCUT2D eigenvalue weighted by Crippen LogP contribution is -2.18. The highest BCUT2D eigenvalue weighted by molar-refractivity contribution is 5.17. The molecule has 4 nitrogen and oxygen atoms in total. The quantitative estimate of drug-likeness (QED) is 0.792. The summed E-state index contributed by atoms with van der Waals surface area (Å²) in [4.78, 5) is 8.24. The number of hydrogen-bond donors (Lipinski definition) is 1. The maximum absolute atomic E-state index is 5.31. The Hall–Kier alpha value is -1.68. The van der Waals surface area contributed by atoms with E-state index in [-0.39, 0.29) is 6.04 Å². The van der Waals surface area contributed by atoms with Crippen LogP contribution in [-0.4, -0.2) is 17.0 Å². The zero-order valence-corrected chi connectivity index (χ0v) is 7.84. The van der Waals surface area contributed by atoms with E-state index >= 15 is 0 Å². The number of furan rings is 1. The summed E-state index contributed by atoms with van der Waals surface area (Å²) in [6, 6.07) is 3.74. The molecule has 0 fully saturated rings. The third kappa shape index (κ3) is 1.65. The summed E-state index contributed by atoms with van der Waals surface area (Å²) in [6.07, 6.45) is 6.70. The highest BCUT2D eigenvalue weighted by Crippen LogP contribution is 2.18. The van der Waals surface area contributed by atoms with Crippen molar-refractivity contribution in [3.63, 3.8) is 0 Å². The fourth-order valence-electron chi connectivity index (χ4n) is 1.35. The van der Waals surface area contributed by atoms with Gasteiger partial charge in [-0.05, 0) is 19.2 Å². The summed E-state index contributed by atoms with van der Waals surface area (Å²) in [5.41, 5.74) is 0.852. The van der Waals surface area contributed by atoms with Crippen molar-refractivity contribution in [2.24, 2.45) is 0 Å². The van der Waals surface area contributed by atoms with Crippen LogP contribution in [0.15, 0.2) is 41.4 Å². The number of nitrogens with zero attached hydrogens (tertiary/aromatic N) is 2. The molecule has 4 heteroatoms. The normalized spacial score (nSPS) is 12.6. The highest BCUT2D eigenvalue weighted by atomic mass is 16.3. The van der Waals surface area contributed by atoms with Crippen molar-refractivity contribution in [2.45, 2.75) is 6.04 Å². The minimum atomic E-state index is -0.0290. The molecule has 2 rings (SSSR count). The molecule has 0 aliphatic rings. The Labute approximate surface area is 82.0 Å². The monoisotopic (exact) mass is 189 g/mol. The lowest BCUT2D eigenvalue weighted by atomic mass is 10.1. The van der Waals surface area contributed by atoms with Crippen LogP contribution in [0.5, 0.6) is 0 Å². The molecule has 1 unspecified atom stereocenters. The second kappa shape index (κ2) is 4.02. The molecule has 2 aromatic heterocycles. The van der Waals surface area contributed by atoms with Crippen LogP contribution in [-0.2, 0) is 0 Å². The third-order valence-corrected chi connectivity index (χ3v) is 2.00. The smallest absolute Gasteiger partial charge is 0.126 e. The Morgan fingerprint density at radius 2 is 2.36 bits per heavy atom. The van der Waals surface area contributed by atoms with Gasteiger partial charge in [-0.3, -0.25) is 9.97 Å². The van der Waals surface area contributed by atoms with Crippen molar-refractivity contribution >= 4 is 0 Å². The van der Waals surface area contributed by atoms with E-state index in [1.54, 1.807) is 24.9 Å². The van der Waals surface area contributed by atoms with Gasteiger partial charge in [0.2, 0.25) is 0 Å². The molecule has 0 spiro atoms. The van der Waals surface area contributed by atoms with Gasteiger partial charge < -0.3 is 9.73 Å². The van der Waals surface area contributed by atoms with Crippen LogP contribution in [0.2, 0.25) is 0 Å². The molecule has 0 radical (unpaired) electrons. The minimum absolute atomic E-state index is 0.0290. The molecule has 2 aromatic rings. The van der Waals surface area contributed by atoms with Crippen LogP contribution in [0.4, 0.5) is 0 Å². The summed E-state index contributed by atoms with van der Waals surface area (Å²) in [7, 11) is 1.86. The zero-order valence-electron chi connectivity index (χ0n) is 7.84. The number of rotatable bonds is 3. The Bertz CT molecular complexity index is 372. The first-order chi connectivity index (χ1) is 6.92. The van der Waals surface area contributed by atoms with Gasteiger partial charge in [-0.2, -0.15) is 0 Å². The second-order valence-corrected chi connectivity index (χ2v) is 2.87. The standard InChI is InChI=1S/C10H11N3O/c1-11-10(9-3-2-6-14-9)8-7-12-4-5-13-8/h2-7,10-11H,1H3. The number of aromatic nitrogens is 2. The van der Waals surface area contributed by atoms with Crippen LogP contribution in [0, 0.1) is 0 Å². The van der Waals surface area contributed by atoms with E-state index in [2.05, 4.69) is 15.3 Å². The zero-order chi connectivity index (χ0) is 9.80. The topological polar surface area (TPSA) is 51.0 Å². The molecule has 0 aliphatic heterocycles. The molecule has 0 amide bonds. The average molecular weight is 189 g/mol. The second-order valence-electron chi connectivity index (χ2n) is 2.87. The molecular formula is C10H11N3O. The Balaban J connectivity index is 2.31. The van der Waals surface area contributed by atoms with Crippen molar-refractivity contribution in [3.05, 3.63) is 48.4 Å². The summed E-state index contributed by atoms with van der Waals surface area (Å²) in [6.45, 7) is 0. The molecule has 14 heavy (non-hydrogen) atoms. The van der Waals surface area contributed by atoms with E-state index in [0.717, 1.165) is 11.5 Å². The van der Waals surface area contributed by atoms with Gasteiger partial charge in [-0.25, -0.2) is 0 Å². The van der Waals surface area contributed by atoms with Crippen LogP contribution in [0.3, 0.4) is 0 Å². The lowest BCUT2D eigenvalue weighted by Gasteiger charge is -2.11. The molecule has 2 heterocycles. The molecule has 0 bridgehead atoms. The van der Waals surface area contributed by atoms with Crippen molar-refractivity contribution in [1.29, 1.82) is 0 Å². The van der Waals surface area contributed by atoms with E-state index in [1.165, 1.54) is 0 Å². The number of nitrogens with one attached hydrogen (secondary N) is 1. The molecular weight excluding hydrogens is 178 g/mol. The highest BCUT2D eigenvalue weighted by Gasteiger charge is 2.15. The first-order valence-corrected chi connectivity index (χ1v) is 4.38. The largest absolute Gasteiger partial charge is 0.467 e. The van der Waals surface area contributed by atoms with Crippen LogP contribution >= 0.6 is 0 Å². The van der Waals surface area contributed by atoms with Gasteiger partial charge in [0.15, 0.2) is 0 Å². The van der Waals surface area contributed by atoms with Crippen LogP contribution in [0.25, 0.3) is 0 Å². The minimum Gasteiger partial charge on any atom is -0.467 e. The van der Waals surface area contributed by atoms with Gasteiger partial charge in [0.25, 0.3) is 0 Å². The van der Waals surface area contributed by atoms with E-state index < -0.39 is 0 Å². The number of hydrogen-bond acceptors (Lipinski definition) is 4. The van der Waals surface area contributed by atoms with Gasteiger partial charge in [0.1, 0.15) is 11.8 Å². The van der Waals surface area contributed by atoms with Gasteiger partial charge in [0, 0.05) is 12.4 Å². The lowest BCUT2D eigenvalue weighted by molar-refractivity contribution is 0.458. The first kappa shape index (κ1) is 8.90. The fraction of sp³-hybridized carbons (Fsp3) is 0.200. The maximum atomic E-state index is 5.31. The summed E-state index contributed by atoms with van der Waals surface area (Å²) in [5.74, 6) is 0.841. The Kier molecular flexibility index (Phi) is 2.55. The van der Waals surface area contributed by atoms with Crippen LogP contribution in [0.1, 0.15) is 17.5 Å². The van der Waals surface area contributed by atoms with Crippen molar-refractivity contribution in [2.75, 3.05) is 7.05 Å². The molecule has 0 aromatic carbocycles. The Morgan fingerprint density at radius 1 is 1.43 bits per heavy atom. The van der Waals surface area contributed by atoms with Gasteiger partial charge in [-0.15, -0.1) is 0 Å². The Morgan fingerprint density at radius 3 is 2.93 bits per heavy atom. The van der Waals surface area contributed by atoms with Crippen molar-refractivity contribution in [3.8, 4) is 0 Å².